The molecule has 1 aromatic carbocycles. The predicted octanol–water partition coefficient (Wildman–Crippen LogP) is 2.36. The summed E-state index contributed by atoms with van der Waals surface area (Å²) in [5, 5.41) is 13.3. The van der Waals surface area contributed by atoms with Gasteiger partial charge in [0.15, 0.2) is 5.13 Å². The fourth-order valence-corrected chi connectivity index (χ4v) is 2.48. The Morgan fingerprint density at radius 2 is 2.00 bits per heavy atom. The van der Waals surface area contributed by atoms with Crippen molar-refractivity contribution in [2.24, 2.45) is 0 Å². The number of hydrogen-bond acceptors (Lipinski definition) is 5. The standard InChI is InChI=1S/C15H14N4O2S/c1-19(2)14(21)11-5-3-10(4-6-11)12-9-22-15(17-12)18-13(20)7-8-16/h3-6,9H,7H2,1-2H3,(H,17,18,20). The summed E-state index contributed by atoms with van der Waals surface area (Å²) in [5.74, 6) is -0.440. The summed E-state index contributed by atoms with van der Waals surface area (Å²) in [7, 11) is 3.40. The van der Waals surface area contributed by atoms with Crippen molar-refractivity contribution in [3.8, 4) is 17.3 Å². The zero-order valence-corrected chi connectivity index (χ0v) is 13.0. The third-order valence-electron chi connectivity index (χ3n) is 2.82. The van der Waals surface area contributed by atoms with Gasteiger partial charge in [0, 0.05) is 30.6 Å². The van der Waals surface area contributed by atoms with E-state index in [1.165, 1.54) is 16.2 Å². The van der Waals surface area contributed by atoms with Crippen LogP contribution < -0.4 is 5.32 Å². The quantitative estimate of drug-likeness (QED) is 0.938. The van der Waals surface area contributed by atoms with Crippen molar-refractivity contribution in [1.29, 1.82) is 5.26 Å². The van der Waals surface area contributed by atoms with Gasteiger partial charge in [-0.05, 0) is 12.1 Å². The minimum absolute atomic E-state index is 0.0608. The molecule has 0 fully saturated rings. The van der Waals surface area contributed by atoms with Crippen molar-refractivity contribution in [2.75, 3.05) is 19.4 Å². The number of amides is 2. The lowest BCUT2D eigenvalue weighted by molar-refractivity contribution is -0.115. The van der Waals surface area contributed by atoms with Crippen LogP contribution in [0.3, 0.4) is 0 Å². The van der Waals surface area contributed by atoms with Gasteiger partial charge in [-0.3, -0.25) is 9.59 Å². The molecule has 1 N–H and O–H groups in total. The zero-order valence-electron chi connectivity index (χ0n) is 12.2. The monoisotopic (exact) mass is 314 g/mol. The molecule has 0 saturated heterocycles. The molecule has 1 aromatic heterocycles. The second-order valence-corrected chi connectivity index (χ2v) is 5.56. The summed E-state index contributed by atoms with van der Waals surface area (Å²) in [6, 6.07) is 8.89. The zero-order chi connectivity index (χ0) is 16.1. The van der Waals surface area contributed by atoms with Gasteiger partial charge in [-0.2, -0.15) is 5.26 Å². The maximum atomic E-state index is 11.8. The Morgan fingerprint density at radius 3 is 2.59 bits per heavy atom. The number of rotatable bonds is 4. The predicted molar refractivity (Wildman–Crippen MR) is 84.4 cm³/mol. The van der Waals surface area contributed by atoms with Crippen LogP contribution in [0.1, 0.15) is 16.8 Å². The first-order valence-corrected chi connectivity index (χ1v) is 7.33. The Hall–Kier alpha value is -2.72. The highest BCUT2D eigenvalue weighted by Crippen LogP contribution is 2.25. The lowest BCUT2D eigenvalue weighted by Gasteiger charge is -2.10. The number of carbonyl (C=O) groups excluding carboxylic acids is 2. The summed E-state index contributed by atoms with van der Waals surface area (Å²) in [5.41, 5.74) is 2.17. The Bertz CT molecular complexity index is 729. The number of hydrogen-bond donors (Lipinski definition) is 1. The third-order valence-corrected chi connectivity index (χ3v) is 3.58. The minimum Gasteiger partial charge on any atom is -0.345 e. The molecule has 2 amide bonds. The van der Waals surface area contributed by atoms with Gasteiger partial charge in [0.05, 0.1) is 11.8 Å². The molecule has 0 aliphatic rings. The minimum atomic E-state index is -0.379. The van der Waals surface area contributed by atoms with Crippen LogP contribution in [-0.4, -0.2) is 35.8 Å². The molecular weight excluding hydrogens is 300 g/mol. The molecule has 0 aliphatic carbocycles. The first-order chi connectivity index (χ1) is 10.5. The topological polar surface area (TPSA) is 86.1 Å². The van der Waals surface area contributed by atoms with E-state index in [1.807, 2.05) is 17.5 Å². The van der Waals surface area contributed by atoms with Gasteiger partial charge in [0.25, 0.3) is 5.91 Å². The van der Waals surface area contributed by atoms with Gasteiger partial charge in [-0.1, -0.05) is 12.1 Å². The Labute approximate surface area is 132 Å². The fourth-order valence-electron chi connectivity index (χ4n) is 1.74. The van der Waals surface area contributed by atoms with Gasteiger partial charge in [0.1, 0.15) is 6.42 Å². The van der Waals surface area contributed by atoms with E-state index in [0.717, 1.165) is 5.56 Å². The van der Waals surface area contributed by atoms with Gasteiger partial charge >= 0.3 is 0 Å². The number of nitriles is 1. The number of aromatic nitrogens is 1. The second kappa shape index (κ2) is 6.83. The van der Waals surface area contributed by atoms with Crippen molar-refractivity contribution in [3.05, 3.63) is 35.2 Å². The molecular formula is C15H14N4O2S. The molecule has 112 valence electrons. The van der Waals surface area contributed by atoms with E-state index >= 15 is 0 Å². The van der Waals surface area contributed by atoms with E-state index in [9.17, 15) is 9.59 Å². The first kappa shape index (κ1) is 15.7. The van der Waals surface area contributed by atoms with Gasteiger partial charge < -0.3 is 10.2 Å². The number of carbonyl (C=O) groups is 2. The Kier molecular flexibility index (Phi) is 4.86. The van der Waals surface area contributed by atoms with Gasteiger partial charge in [0.2, 0.25) is 5.91 Å². The SMILES string of the molecule is CN(C)C(=O)c1ccc(-c2csc(NC(=O)CC#N)n2)cc1. The molecule has 0 atom stereocenters. The number of thiazole rings is 1. The van der Waals surface area contributed by atoms with E-state index in [4.69, 9.17) is 5.26 Å². The molecule has 6 nitrogen and oxygen atoms in total. The van der Waals surface area contributed by atoms with Crippen LogP contribution in [-0.2, 0) is 4.79 Å². The number of anilines is 1. The van der Waals surface area contributed by atoms with Gasteiger partial charge in [-0.15, -0.1) is 11.3 Å². The van der Waals surface area contributed by atoms with Crippen LogP contribution in [0.4, 0.5) is 5.13 Å². The van der Waals surface area contributed by atoms with Crippen LogP contribution in [0, 0.1) is 11.3 Å². The number of nitrogens with one attached hydrogen (secondary N) is 1. The summed E-state index contributed by atoms with van der Waals surface area (Å²) >= 11 is 1.29. The molecule has 2 rings (SSSR count). The van der Waals surface area contributed by atoms with Crippen molar-refractivity contribution in [2.45, 2.75) is 6.42 Å². The van der Waals surface area contributed by atoms with E-state index in [1.54, 1.807) is 32.3 Å². The highest BCUT2D eigenvalue weighted by molar-refractivity contribution is 7.14. The van der Waals surface area contributed by atoms with Crippen LogP contribution in [0.5, 0.6) is 0 Å². The summed E-state index contributed by atoms with van der Waals surface area (Å²) in [4.78, 5) is 29.0. The molecule has 1 heterocycles. The second-order valence-electron chi connectivity index (χ2n) is 4.70. The molecule has 0 aliphatic heterocycles. The highest BCUT2D eigenvalue weighted by atomic mass is 32.1. The van der Waals surface area contributed by atoms with Crippen molar-refractivity contribution in [1.82, 2.24) is 9.88 Å². The van der Waals surface area contributed by atoms with Crippen molar-refractivity contribution >= 4 is 28.3 Å². The number of benzene rings is 1. The molecule has 0 unspecified atom stereocenters. The van der Waals surface area contributed by atoms with Crippen molar-refractivity contribution < 1.29 is 9.59 Å². The molecule has 2 aromatic rings. The highest BCUT2D eigenvalue weighted by Gasteiger charge is 2.10. The normalized spacial score (nSPS) is 9.86. The van der Waals surface area contributed by atoms with Gasteiger partial charge in [-0.25, -0.2) is 4.98 Å². The van der Waals surface area contributed by atoms with E-state index in [2.05, 4.69) is 10.3 Å². The molecule has 22 heavy (non-hydrogen) atoms. The molecule has 0 bridgehead atoms. The third kappa shape index (κ3) is 3.68. The van der Waals surface area contributed by atoms with E-state index < -0.39 is 0 Å². The smallest absolute Gasteiger partial charge is 0.253 e. The van der Waals surface area contributed by atoms with Crippen LogP contribution >= 0.6 is 11.3 Å². The van der Waals surface area contributed by atoms with E-state index in [0.29, 0.717) is 16.4 Å². The lowest BCUT2D eigenvalue weighted by Crippen LogP contribution is -2.21. The molecule has 0 spiro atoms. The molecule has 7 heteroatoms. The Balaban J connectivity index is 2.13. The summed E-state index contributed by atoms with van der Waals surface area (Å²) in [6.07, 6.45) is -0.198. The lowest BCUT2D eigenvalue weighted by atomic mass is 10.1. The van der Waals surface area contributed by atoms with Crippen LogP contribution in [0.2, 0.25) is 0 Å². The maximum Gasteiger partial charge on any atom is 0.253 e. The molecule has 0 radical (unpaired) electrons. The number of nitrogens with zero attached hydrogens (tertiary/aromatic N) is 3. The average molecular weight is 314 g/mol. The molecule has 0 saturated carbocycles. The van der Waals surface area contributed by atoms with Crippen LogP contribution in [0.15, 0.2) is 29.6 Å². The maximum absolute atomic E-state index is 11.8. The average Bonchev–Trinajstić information content (AvgIpc) is 2.95. The summed E-state index contributed by atoms with van der Waals surface area (Å²) < 4.78 is 0. The van der Waals surface area contributed by atoms with Crippen LogP contribution in [0.25, 0.3) is 11.3 Å². The summed E-state index contributed by atoms with van der Waals surface area (Å²) in [6.45, 7) is 0. The first-order valence-electron chi connectivity index (χ1n) is 6.45. The van der Waals surface area contributed by atoms with Crippen molar-refractivity contribution in [3.63, 3.8) is 0 Å². The van der Waals surface area contributed by atoms with E-state index in [-0.39, 0.29) is 18.2 Å². The Morgan fingerprint density at radius 1 is 1.32 bits per heavy atom. The fraction of sp³-hybridized carbons (Fsp3) is 0.200. The largest absolute Gasteiger partial charge is 0.345 e.